The van der Waals surface area contributed by atoms with Crippen LogP contribution in [0.1, 0.15) is 23.0 Å². The molecule has 0 saturated heterocycles. The first-order valence-electron chi connectivity index (χ1n) is 6.22. The SMILES string of the molecule is Cc1ccc(C)n1C1C(=O)N(C)c2ccc(F)cc21. The van der Waals surface area contributed by atoms with Crippen LogP contribution in [-0.2, 0) is 4.79 Å². The third-order valence-electron chi connectivity index (χ3n) is 3.79. The minimum Gasteiger partial charge on any atom is -0.333 e. The predicted molar refractivity (Wildman–Crippen MR) is 71.9 cm³/mol. The van der Waals surface area contributed by atoms with Crippen LogP contribution in [0.3, 0.4) is 0 Å². The second-order valence-electron chi connectivity index (χ2n) is 4.99. The Kier molecular flexibility index (Phi) is 2.49. The van der Waals surface area contributed by atoms with E-state index in [9.17, 15) is 9.18 Å². The molecule has 0 aliphatic carbocycles. The maximum Gasteiger partial charge on any atom is 0.254 e. The Morgan fingerprint density at radius 3 is 2.37 bits per heavy atom. The summed E-state index contributed by atoms with van der Waals surface area (Å²) in [5.41, 5.74) is 3.52. The molecule has 0 saturated carbocycles. The van der Waals surface area contributed by atoms with Gasteiger partial charge in [-0.3, -0.25) is 4.79 Å². The zero-order chi connectivity index (χ0) is 13.7. The molecule has 3 nitrogen and oxygen atoms in total. The summed E-state index contributed by atoms with van der Waals surface area (Å²) in [5, 5.41) is 0. The number of aromatic nitrogens is 1. The van der Waals surface area contributed by atoms with Crippen molar-refractivity contribution in [3.05, 3.63) is 53.1 Å². The first kappa shape index (κ1) is 12.0. The Morgan fingerprint density at radius 2 is 1.74 bits per heavy atom. The zero-order valence-electron chi connectivity index (χ0n) is 11.1. The van der Waals surface area contributed by atoms with Gasteiger partial charge in [0.25, 0.3) is 5.91 Å². The third-order valence-corrected chi connectivity index (χ3v) is 3.79. The molecule has 0 radical (unpaired) electrons. The number of anilines is 1. The summed E-state index contributed by atoms with van der Waals surface area (Å²) in [4.78, 5) is 14.1. The summed E-state index contributed by atoms with van der Waals surface area (Å²) in [7, 11) is 1.73. The van der Waals surface area contributed by atoms with E-state index < -0.39 is 6.04 Å². The maximum atomic E-state index is 13.5. The van der Waals surface area contributed by atoms with Gasteiger partial charge in [0.2, 0.25) is 0 Å². The number of likely N-dealkylation sites (N-methyl/N-ethyl adjacent to an activating group) is 1. The highest BCUT2D eigenvalue weighted by atomic mass is 19.1. The van der Waals surface area contributed by atoms with E-state index in [0.29, 0.717) is 0 Å². The van der Waals surface area contributed by atoms with E-state index in [1.165, 1.54) is 12.1 Å². The number of nitrogens with zero attached hydrogens (tertiary/aromatic N) is 2. The maximum absolute atomic E-state index is 13.5. The number of hydrogen-bond donors (Lipinski definition) is 0. The molecule has 1 atom stereocenters. The van der Waals surface area contributed by atoms with Crippen molar-refractivity contribution in [1.82, 2.24) is 4.57 Å². The summed E-state index contributed by atoms with van der Waals surface area (Å²) >= 11 is 0. The lowest BCUT2D eigenvalue weighted by Gasteiger charge is -2.17. The van der Waals surface area contributed by atoms with E-state index in [1.807, 2.05) is 30.5 Å². The van der Waals surface area contributed by atoms with Crippen molar-refractivity contribution >= 4 is 11.6 Å². The molecular weight excluding hydrogens is 243 g/mol. The molecular formula is C15H15FN2O. The third kappa shape index (κ3) is 1.59. The number of aryl methyl sites for hydroxylation is 2. The molecule has 1 aliphatic heterocycles. The van der Waals surface area contributed by atoms with E-state index in [1.54, 1.807) is 18.0 Å². The molecule has 4 heteroatoms. The smallest absolute Gasteiger partial charge is 0.254 e. The lowest BCUT2D eigenvalue weighted by molar-refractivity contribution is -0.119. The molecule has 19 heavy (non-hydrogen) atoms. The van der Waals surface area contributed by atoms with Crippen LogP contribution in [0.4, 0.5) is 10.1 Å². The van der Waals surface area contributed by atoms with Gasteiger partial charge in [-0.15, -0.1) is 0 Å². The van der Waals surface area contributed by atoms with Gasteiger partial charge in [-0.2, -0.15) is 0 Å². The van der Waals surface area contributed by atoms with E-state index >= 15 is 0 Å². The highest BCUT2D eigenvalue weighted by molar-refractivity contribution is 6.04. The fourth-order valence-electron chi connectivity index (χ4n) is 2.82. The molecule has 0 N–H and O–H groups in total. The molecule has 1 aromatic heterocycles. The van der Waals surface area contributed by atoms with Crippen LogP contribution < -0.4 is 4.90 Å². The lowest BCUT2D eigenvalue weighted by Crippen LogP contribution is -2.28. The van der Waals surface area contributed by atoms with Gasteiger partial charge < -0.3 is 9.47 Å². The fourth-order valence-corrected chi connectivity index (χ4v) is 2.82. The monoisotopic (exact) mass is 258 g/mol. The number of carbonyl (C=O) groups is 1. The van der Waals surface area contributed by atoms with Gasteiger partial charge in [0.05, 0.1) is 0 Å². The number of amides is 1. The molecule has 1 aromatic carbocycles. The average molecular weight is 258 g/mol. The Hall–Kier alpha value is -2.10. The van der Waals surface area contributed by atoms with Crippen molar-refractivity contribution in [2.45, 2.75) is 19.9 Å². The van der Waals surface area contributed by atoms with Gasteiger partial charge in [0.15, 0.2) is 0 Å². The van der Waals surface area contributed by atoms with Gasteiger partial charge in [-0.05, 0) is 44.2 Å². The van der Waals surface area contributed by atoms with Crippen LogP contribution in [0.15, 0.2) is 30.3 Å². The van der Waals surface area contributed by atoms with Crippen molar-refractivity contribution in [2.75, 3.05) is 11.9 Å². The van der Waals surface area contributed by atoms with Crippen LogP contribution in [0.2, 0.25) is 0 Å². The van der Waals surface area contributed by atoms with E-state index in [2.05, 4.69) is 0 Å². The fraction of sp³-hybridized carbons (Fsp3) is 0.267. The molecule has 1 aliphatic rings. The van der Waals surface area contributed by atoms with E-state index in [4.69, 9.17) is 0 Å². The Morgan fingerprint density at radius 1 is 1.11 bits per heavy atom. The summed E-state index contributed by atoms with van der Waals surface area (Å²) in [6, 6.07) is 8.00. The normalized spacial score (nSPS) is 18.0. The molecule has 98 valence electrons. The Balaban J connectivity index is 2.24. The quantitative estimate of drug-likeness (QED) is 0.772. The van der Waals surface area contributed by atoms with Crippen molar-refractivity contribution in [2.24, 2.45) is 0 Å². The van der Waals surface area contributed by atoms with Gasteiger partial charge in [-0.1, -0.05) is 0 Å². The van der Waals surface area contributed by atoms with Crippen molar-refractivity contribution in [1.29, 1.82) is 0 Å². The zero-order valence-corrected chi connectivity index (χ0v) is 11.1. The van der Waals surface area contributed by atoms with Crippen molar-refractivity contribution in [3.8, 4) is 0 Å². The molecule has 1 unspecified atom stereocenters. The van der Waals surface area contributed by atoms with E-state index in [-0.39, 0.29) is 11.7 Å². The van der Waals surface area contributed by atoms with Crippen LogP contribution in [0, 0.1) is 19.7 Å². The first-order chi connectivity index (χ1) is 9.00. The second-order valence-corrected chi connectivity index (χ2v) is 4.99. The molecule has 2 heterocycles. The summed E-state index contributed by atoms with van der Waals surface area (Å²) in [5.74, 6) is -0.336. The van der Waals surface area contributed by atoms with Crippen LogP contribution in [0.5, 0.6) is 0 Å². The van der Waals surface area contributed by atoms with Crippen LogP contribution in [0.25, 0.3) is 0 Å². The van der Waals surface area contributed by atoms with Gasteiger partial charge in [0.1, 0.15) is 11.9 Å². The number of hydrogen-bond acceptors (Lipinski definition) is 1. The van der Waals surface area contributed by atoms with Crippen molar-refractivity contribution < 1.29 is 9.18 Å². The van der Waals surface area contributed by atoms with Gasteiger partial charge >= 0.3 is 0 Å². The Labute approximate surface area is 111 Å². The molecule has 3 rings (SSSR count). The number of benzene rings is 1. The lowest BCUT2D eigenvalue weighted by atomic mass is 10.1. The van der Waals surface area contributed by atoms with Crippen molar-refractivity contribution in [3.63, 3.8) is 0 Å². The highest BCUT2D eigenvalue weighted by Crippen LogP contribution is 2.39. The topological polar surface area (TPSA) is 25.2 Å². The largest absolute Gasteiger partial charge is 0.333 e. The molecule has 0 bridgehead atoms. The van der Waals surface area contributed by atoms with Gasteiger partial charge in [0, 0.05) is 29.7 Å². The highest BCUT2D eigenvalue weighted by Gasteiger charge is 2.37. The first-order valence-corrected chi connectivity index (χ1v) is 6.22. The van der Waals surface area contributed by atoms with Crippen LogP contribution >= 0.6 is 0 Å². The standard InChI is InChI=1S/C15H15FN2O/c1-9-4-5-10(2)18(9)14-12-8-11(16)6-7-13(12)17(3)15(14)19/h4-8,14H,1-3H3. The number of halogens is 1. The number of fused-ring (bicyclic) bond motifs is 1. The minimum absolute atomic E-state index is 0.0250. The predicted octanol–water partition coefficient (Wildman–Crippen LogP) is 2.81. The minimum atomic E-state index is -0.453. The summed E-state index contributed by atoms with van der Waals surface area (Å²) in [6.07, 6.45) is 0. The summed E-state index contributed by atoms with van der Waals surface area (Å²) < 4.78 is 15.5. The van der Waals surface area contributed by atoms with Gasteiger partial charge in [-0.25, -0.2) is 4.39 Å². The Bertz CT molecular complexity index is 655. The van der Waals surface area contributed by atoms with E-state index in [0.717, 1.165) is 22.6 Å². The molecule has 1 amide bonds. The van der Waals surface area contributed by atoms with Crippen LogP contribution in [-0.4, -0.2) is 17.5 Å². The molecule has 2 aromatic rings. The molecule has 0 fully saturated rings. The summed E-state index contributed by atoms with van der Waals surface area (Å²) in [6.45, 7) is 3.91. The molecule has 0 spiro atoms. The number of carbonyl (C=O) groups excluding carboxylic acids is 1. The number of rotatable bonds is 1. The second kappa shape index (κ2) is 3.95. The average Bonchev–Trinajstić information content (AvgIpc) is 2.80.